The minimum absolute atomic E-state index is 0.204. The third kappa shape index (κ3) is 5.05. The van der Waals surface area contributed by atoms with E-state index in [1.807, 2.05) is 12.1 Å². The number of benzene rings is 3. The molecule has 4 aromatic rings. The highest BCUT2D eigenvalue weighted by Gasteiger charge is 2.34. The first-order valence-corrected chi connectivity index (χ1v) is 15.0. The van der Waals surface area contributed by atoms with Crippen LogP contribution in [-0.2, 0) is 21.2 Å². The first-order chi connectivity index (χ1) is 19.6. The van der Waals surface area contributed by atoms with Crippen LogP contribution < -0.4 is 14.5 Å². The average molecular weight is 578 g/mol. The van der Waals surface area contributed by atoms with Crippen molar-refractivity contribution in [3.63, 3.8) is 0 Å². The number of carboxylic acid groups (broad SMARTS) is 1. The molecule has 0 saturated carbocycles. The van der Waals surface area contributed by atoms with E-state index in [1.165, 1.54) is 23.5 Å². The molecule has 2 aliphatic rings. The van der Waals surface area contributed by atoms with E-state index in [0.717, 1.165) is 54.1 Å². The number of carboxylic acids is 1. The number of sulfonamides is 1. The number of carbonyl (C=O) groups is 1. The molecule has 9 nitrogen and oxygen atoms in total. The molecule has 1 fully saturated rings. The molecule has 2 unspecified atom stereocenters. The van der Waals surface area contributed by atoms with Crippen LogP contribution in [0.25, 0.3) is 10.9 Å². The van der Waals surface area contributed by atoms with Gasteiger partial charge in [-0.3, -0.25) is 14.4 Å². The Balaban J connectivity index is 1.25. The van der Waals surface area contributed by atoms with Crippen molar-refractivity contribution in [2.45, 2.75) is 23.4 Å². The van der Waals surface area contributed by atoms with Crippen LogP contribution in [0.3, 0.4) is 0 Å². The van der Waals surface area contributed by atoms with Gasteiger partial charge in [-0.05, 0) is 72.8 Å². The number of aromatic nitrogens is 1. The van der Waals surface area contributed by atoms with Gasteiger partial charge >= 0.3 is 5.97 Å². The second-order valence-corrected chi connectivity index (χ2v) is 12.7. The minimum Gasteiger partial charge on any atom is -0.480 e. The van der Waals surface area contributed by atoms with Gasteiger partial charge in [0, 0.05) is 61.9 Å². The fourth-order valence-electron chi connectivity index (χ4n) is 5.75. The van der Waals surface area contributed by atoms with Gasteiger partial charge in [0.15, 0.2) is 0 Å². The molecule has 0 spiro atoms. The van der Waals surface area contributed by atoms with Crippen molar-refractivity contribution in [2.24, 2.45) is 0 Å². The second kappa shape index (κ2) is 10.5. The van der Waals surface area contributed by atoms with Crippen molar-refractivity contribution in [3.05, 3.63) is 89.4 Å². The quantitative estimate of drug-likeness (QED) is 0.322. The van der Waals surface area contributed by atoms with Gasteiger partial charge in [-0.1, -0.05) is 12.1 Å². The molecule has 1 aromatic heterocycles. The van der Waals surface area contributed by atoms with Gasteiger partial charge in [0.2, 0.25) is 0 Å². The van der Waals surface area contributed by atoms with Gasteiger partial charge in [-0.2, -0.15) is 0 Å². The normalized spacial score (nSPS) is 19.7. The van der Waals surface area contributed by atoms with E-state index in [2.05, 4.69) is 27.1 Å². The number of piperazine rings is 1. The number of anilines is 2. The van der Waals surface area contributed by atoms with Crippen molar-refractivity contribution in [3.8, 4) is 0 Å². The predicted molar refractivity (Wildman–Crippen MR) is 157 cm³/mol. The lowest BCUT2D eigenvalue weighted by atomic mass is 9.90. The molecule has 2 aliphatic heterocycles. The molecule has 0 amide bonds. The number of H-pyrrole nitrogens is 1. The Morgan fingerprint density at radius 1 is 1.00 bits per heavy atom. The van der Waals surface area contributed by atoms with Gasteiger partial charge in [-0.25, -0.2) is 12.8 Å². The van der Waals surface area contributed by atoms with Crippen LogP contribution in [0.5, 0.6) is 0 Å². The highest BCUT2D eigenvalue weighted by atomic mass is 32.2. The standard InChI is InChI=1S/C30H32FN5O4S/c1-34-13-15-36(16-14-34)22-8-10-23(11-9-22)41(39,40)35(2)21-6-3-19(4-7-21)28-29-25(18-27(33-28)30(37)38)24-12-5-20(31)17-26(24)32-29/h3-12,17,27-28,32-33H,13-16,18H2,1-2H3,(H,37,38). The smallest absolute Gasteiger partial charge is 0.321 e. The second-order valence-electron chi connectivity index (χ2n) is 10.8. The number of aromatic amines is 1. The molecule has 0 bridgehead atoms. The average Bonchev–Trinajstić information content (AvgIpc) is 3.34. The van der Waals surface area contributed by atoms with E-state index in [-0.39, 0.29) is 17.1 Å². The molecule has 0 aliphatic carbocycles. The fraction of sp³-hybridized carbons (Fsp3) is 0.300. The Labute approximate surface area is 238 Å². The lowest BCUT2D eigenvalue weighted by molar-refractivity contribution is -0.139. The van der Waals surface area contributed by atoms with E-state index in [4.69, 9.17) is 0 Å². The lowest BCUT2D eigenvalue weighted by Crippen LogP contribution is -2.44. The van der Waals surface area contributed by atoms with Crippen molar-refractivity contribution in [1.82, 2.24) is 15.2 Å². The number of aliphatic carboxylic acids is 1. The van der Waals surface area contributed by atoms with Crippen molar-refractivity contribution < 1.29 is 22.7 Å². The summed E-state index contributed by atoms with van der Waals surface area (Å²) in [5.41, 5.74) is 4.45. The number of fused-ring (bicyclic) bond motifs is 3. The predicted octanol–water partition coefficient (Wildman–Crippen LogP) is 3.57. The van der Waals surface area contributed by atoms with E-state index in [1.54, 1.807) is 42.5 Å². The van der Waals surface area contributed by atoms with Crippen LogP contribution in [0.4, 0.5) is 15.8 Å². The summed E-state index contributed by atoms with van der Waals surface area (Å²) in [7, 11) is -0.196. The van der Waals surface area contributed by atoms with Crippen LogP contribution in [0.2, 0.25) is 0 Å². The van der Waals surface area contributed by atoms with Crippen LogP contribution in [-0.4, -0.2) is 75.7 Å². The third-order valence-electron chi connectivity index (χ3n) is 8.22. The minimum atomic E-state index is -3.80. The molecule has 3 N–H and O–H groups in total. The third-order valence-corrected chi connectivity index (χ3v) is 10.0. The zero-order chi connectivity index (χ0) is 28.9. The summed E-state index contributed by atoms with van der Waals surface area (Å²) in [4.78, 5) is 20.0. The number of nitrogens with zero attached hydrogens (tertiary/aromatic N) is 3. The SMILES string of the molecule is CN1CCN(c2ccc(S(=O)(=O)N(C)c3ccc(C4NC(C(=O)O)Cc5c4[nH]c4cc(F)ccc54)cc3)cc2)CC1. The first kappa shape index (κ1) is 27.3. The Bertz CT molecular complexity index is 1700. The fourth-order valence-corrected chi connectivity index (χ4v) is 6.95. The molecular formula is C30H32FN5O4S. The highest BCUT2D eigenvalue weighted by Crippen LogP contribution is 2.36. The summed E-state index contributed by atoms with van der Waals surface area (Å²) in [5, 5.41) is 13.8. The Hall–Kier alpha value is -3.93. The Kier molecular flexibility index (Phi) is 6.96. The number of nitrogens with one attached hydrogen (secondary N) is 2. The van der Waals surface area contributed by atoms with Gasteiger partial charge < -0.3 is 19.9 Å². The summed E-state index contributed by atoms with van der Waals surface area (Å²) in [5.74, 6) is -1.35. The number of hydrogen-bond acceptors (Lipinski definition) is 6. The molecule has 41 heavy (non-hydrogen) atoms. The topological polar surface area (TPSA) is 109 Å². The van der Waals surface area contributed by atoms with Crippen molar-refractivity contribution in [1.29, 1.82) is 0 Å². The van der Waals surface area contributed by atoms with E-state index in [0.29, 0.717) is 11.2 Å². The van der Waals surface area contributed by atoms with E-state index in [9.17, 15) is 22.7 Å². The van der Waals surface area contributed by atoms with E-state index < -0.39 is 28.1 Å². The van der Waals surface area contributed by atoms with Gasteiger partial charge in [0.05, 0.1) is 16.6 Å². The summed E-state index contributed by atoms with van der Waals surface area (Å²) in [6.45, 7) is 3.72. The zero-order valence-electron chi connectivity index (χ0n) is 22.8. The molecule has 11 heteroatoms. The van der Waals surface area contributed by atoms with Crippen LogP contribution >= 0.6 is 0 Å². The molecule has 3 heterocycles. The number of rotatable bonds is 6. The Morgan fingerprint density at radius 3 is 2.34 bits per heavy atom. The van der Waals surface area contributed by atoms with Crippen LogP contribution in [0, 0.1) is 5.82 Å². The van der Waals surface area contributed by atoms with Gasteiger partial charge in [0.25, 0.3) is 10.0 Å². The van der Waals surface area contributed by atoms with Gasteiger partial charge in [-0.15, -0.1) is 0 Å². The van der Waals surface area contributed by atoms with Crippen LogP contribution in [0.1, 0.15) is 22.9 Å². The molecule has 1 saturated heterocycles. The van der Waals surface area contributed by atoms with Crippen LogP contribution in [0.15, 0.2) is 71.6 Å². The zero-order valence-corrected chi connectivity index (χ0v) is 23.7. The molecular weight excluding hydrogens is 545 g/mol. The Morgan fingerprint density at radius 2 is 1.68 bits per heavy atom. The number of halogens is 1. The number of likely N-dealkylation sites (N-methyl/N-ethyl adjacent to an activating group) is 1. The molecule has 0 radical (unpaired) electrons. The first-order valence-electron chi connectivity index (χ1n) is 13.5. The molecule has 214 valence electrons. The van der Waals surface area contributed by atoms with Gasteiger partial charge in [0.1, 0.15) is 11.9 Å². The largest absolute Gasteiger partial charge is 0.480 e. The monoisotopic (exact) mass is 577 g/mol. The molecule has 3 aromatic carbocycles. The maximum atomic E-state index is 13.9. The summed E-state index contributed by atoms with van der Waals surface area (Å²) >= 11 is 0. The van der Waals surface area contributed by atoms with Crippen molar-refractivity contribution in [2.75, 3.05) is 49.5 Å². The highest BCUT2D eigenvalue weighted by molar-refractivity contribution is 7.92. The lowest BCUT2D eigenvalue weighted by Gasteiger charge is -2.34. The summed E-state index contributed by atoms with van der Waals surface area (Å²) < 4.78 is 42.0. The molecule has 6 rings (SSSR count). The van der Waals surface area contributed by atoms with E-state index >= 15 is 0 Å². The van der Waals surface area contributed by atoms with Crippen molar-refractivity contribution >= 4 is 38.3 Å². The number of hydrogen-bond donors (Lipinski definition) is 3. The summed E-state index contributed by atoms with van der Waals surface area (Å²) in [6, 6.07) is 17.1. The summed E-state index contributed by atoms with van der Waals surface area (Å²) in [6.07, 6.45) is 0.263. The molecule has 2 atom stereocenters. The maximum absolute atomic E-state index is 13.9. The maximum Gasteiger partial charge on any atom is 0.321 e.